The number of ether oxygens (including phenoxy) is 2. The Hall–Kier alpha value is -2.74. The Labute approximate surface area is 176 Å². The van der Waals surface area contributed by atoms with Gasteiger partial charge in [0, 0.05) is 43.5 Å². The SMILES string of the molecule is CCOc1ncc(C2(O)[C@@H]3CCC[C@@H]2CN(C(=O)c2cccnc2)C3)c(OCC)n1. The number of amides is 1. The number of pyridine rings is 1. The van der Waals surface area contributed by atoms with E-state index in [9.17, 15) is 9.90 Å². The molecule has 0 spiro atoms. The third-order valence-electron chi connectivity index (χ3n) is 6.14. The van der Waals surface area contributed by atoms with Crippen LogP contribution in [0.2, 0.25) is 0 Å². The third kappa shape index (κ3) is 3.60. The van der Waals surface area contributed by atoms with Crippen molar-refractivity contribution in [3.05, 3.63) is 41.9 Å². The summed E-state index contributed by atoms with van der Waals surface area (Å²) in [7, 11) is 0. The van der Waals surface area contributed by atoms with Crippen molar-refractivity contribution in [2.45, 2.75) is 38.7 Å². The zero-order chi connectivity index (χ0) is 21.1. The van der Waals surface area contributed by atoms with Crippen LogP contribution in [0, 0.1) is 11.8 Å². The fourth-order valence-electron chi connectivity index (χ4n) is 4.80. The average molecular weight is 412 g/mol. The van der Waals surface area contributed by atoms with Crippen molar-refractivity contribution in [1.82, 2.24) is 19.9 Å². The first-order valence-corrected chi connectivity index (χ1v) is 10.6. The summed E-state index contributed by atoms with van der Waals surface area (Å²) < 4.78 is 11.2. The molecule has 1 amide bonds. The second kappa shape index (κ2) is 8.55. The summed E-state index contributed by atoms with van der Waals surface area (Å²) in [6, 6.07) is 3.78. The number of aliphatic hydroxyl groups is 1. The van der Waals surface area contributed by atoms with E-state index in [0.717, 1.165) is 19.3 Å². The number of hydrogen-bond acceptors (Lipinski definition) is 7. The zero-order valence-corrected chi connectivity index (χ0v) is 17.5. The summed E-state index contributed by atoms with van der Waals surface area (Å²) in [5.41, 5.74) is 0.0237. The molecule has 2 aromatic heterocycles. The Balaban J connectivity index is 1.66. The van der Waals surface area contributed by atoms with Crippen molar-refractivity contribution >= 4 is 5.91 Å². The summed E-state index contributed by atoms with van der Waals surface area (Å²) in [5, 5.41) is 12.0. The lowest BCUT2D eigenvalue weighted by Crippen LogP contribution is -2.59. The van der Waals surface area contributed by atoms with Crippen LogP contribution >= 0.6 is 0 Å². The normalized spacial score (nSPS) is 25.6. The van der Waals surface area contributed by atoms with Gasteiger partial charge >= 0.3 is 6.01 Å². The van der Waals surface area contributed by atoms with Gasteiger partial charge in [0.2, 0.25) is 5.88 Å². The Bertz CT molecular complexity index is 878. The number of fused-ring (bicyclic) bond motifs is 2. The smallest absolute Gasteiger partial charge is 0.319 e. The minimum absolute atomic E-state index is 0.0463. The fourth-order valence-corrected chi connectivity index (χ4v) is 4.80. The summed E-state index contributed by atoms with van der Waals surface area (Å²) in [6.07, 6.45) is 7.54. The standard InChI is InChI=1S/C22H28N4O4/c1-3-29-19-18(12-24-21(25-19)30-4-2)22(28)16-8-5-9-17(22)14-26(13-16)20(27)15-7-6-10-23-11-15/h6-7,10-12,16-17,28H,3-5,8-9,13-14H2,1-2H3/t16-,17-/m1/s1. The van der Waals surface area contributed by atoms with Crippen LogP contribution in [0.1, 0.15) is 49.0 Å². The molecule has 2 aromatic rings. The van der Waals surface area contributed by atoms with Crippen LogP contribution < -0.4 is 9.47 Å². The number of rotatable bonds is 6. The van der Waals surface area contributed by atoms with E-state index in [1.54, 1.807) is 30.7 Å². The van der Waals surface area contributed by atoms with Gasteiger partial charge in [-0.1, -0.05) is 6.42 Å². The molecule has 0 aromatic carbocycles. The van der Waals surface area contributed by atoms with E-state index in [1.165, 1.54) is 0 Å². The van der Waals surface area contributed by atoms with Gasteiger partial charge in [-0.3, -0.25) is 9.78 Å². The summed E-state index contributed by atoms with van der Waals surface area (Å²) >= 11 is 0. The van der Waals surface area contributed by atoms with E-state index in [0.29, 0.717) is 43.3 Å². The van der Waals surface area contributed by atoms with Crippen molar-refractivity contribution in [2.24, 2.45) is 11.8 Å². The lowest BCUT2D eigenvalue weighted by atomic mass is 9.63. The van der Waals surface area contributed by atoms with Crippen LogP contribution in [-0.2, 0) is 5.60 Å². The number of carbonyl (C=O) groups is 1. The fraction of sp³-hybridized carbons (Fsp3) is 0.545. The van der Waals surface area contributed by atoms with Crippen molar-refractivity contribution in [2.75, 3.05) is 26.3 Å². The molecule has 2 aliphatic rings. The predicted molar refractivity (Wildman–Crippen MR) is 109 cm³/mol. The molecule has 0 unspecified atom stereocenters. The molecule has 1 N–H and O–H groups in total. The van der Waals surface area contributed by atoms with Crippen LogP contribution in [-0.4, -0.2) is 57.2 Å². The molecule has 1 aliphatic heterocycles. The predicted octanol–water partition coefficient (Wildman–Crippen LogP) is 2.43. The van der Waals surface area contributed by atoms with Crippen LogP contribution in [0.15, 0.2) is 30.7 Å². The lowest BCUT2D eigenvalue weighted by molar-refractivity contribution is -0.141. The highest BCUT2D eigenvalue weighted by Crippen LogP contribution is 2.51. The van der Waals surface area contributed by atoms with Crippen molar-refractivity contribution in [3.8, 4) is 11.9 Å². The van der Waals surface area contributed by atoms with E-state index in [-0.39, 0.29) is 23.8 Å². The quantitative estimate of drug-likeness (QED) is 0.778. The molecular weight excluding hydrogens is 384 g/mol. The molecule has 30 heavy (non-hydrogen) atoms. The molecule has 0 radical (unpaired) electrons. The van der Waals surface area contributed by atoms with Gasteiger partial charge in [0.1, 0.15) is 5.60 Å². The minimum Gasteiger partial charge on any atom is -0.478 e. The Kier molecular flexibility index (Phi) is 5.85. The monoisotopic (exact) mass is 412 g/mol. The van der Waals surface area contributed by atoms with E-state index in [1.807, 2.05) is 18.7 Å². The molecule has 1 saturated heterocycles. The summed E-state index contributed by atoms with van der Waals surface area (Å²) in [6.45, 7) is 5.56. The maximum absolute atomic E-state index is 13.0. The Morgan fingerprint density at radius 1 is 1.20 bits per heavy atom. The van der Waals surface area contributed by atoms with Crippen molar-refractivity contribution < 1.29 is 19.4 Å². The van der Waals surface area contributed by atoms with E-state index < -0.39 is 5.60 Å². The van der Waals surface area contributed by atoms with Crippen molar-refractivity contribution in [1.29, 1.82) is 0 Å². The third-order valence-corrected chi connectivity index (χ3v) is 6.14. The first kappa shape index (κ1) is 20.5. The number of carbonyl (C=O) groups excluding carboxylic acids is 1. The Morgan fingerprint density at radius 3 is 2.57 bits per heavy atom. The van der Waals surface area contributed by atoms with Crippen LogP contribution in [0.3, 0.4) is 0 Å². The number of aromatic nitrogens is 3. The van der Waals surface area contributed by atoms with Gasteiger partial charge < -0.3 is 19.5 Å². The topological polar surface area (TPSA) is 97.7 Å². The first-order valence-electron chi connectivity index (χ1n) is 10.6. The van der Waals surface area contributed by atoms with Crippen LogP contribution in [0.5, 0.6) is 11.9 Å². The molecule has 8 nitrogen and oxygen atoms in total. The molecule has 8 heteroatoms. The molecule has 3 heterocycles. The summed E-state index contributed by atoms with van der Waals surface area (Å²) in [5.74, 6) is 0.0788. The molecule has 2 fully saturated rings. The number of piperidine rings is 1. The maximum Gasteiger partial charge on any atom is 0.319 e. The van der Waals surface area contributed by atoms with E-state index in [2.05, 4.69) is 15.0 Å². The molecule has 4 rings (SSSR count). The van der Waals surface area contributed by atoms with E-state index >= 15 is 0 Å². The molecule has 1 saturated carbocycles. The van der Waals surface area contributed by atoms with Crippen LogP contribution in [0.25, 0.3) is 0 Å². The molecular formula is C22H28N4O4. The average Bonchev–Trinajstić information content (AvgIpc) is 2.74. The summed E-state index contributed by atoms with van der Waals surface area (Å²) in [4.78, 5) is 27.6. The van der Waals surface area contributed by atoms with Gasteiger partial charge in [-0.2, -0.15) is 4.98 Å². The first-order chi connectivity index (χ1) is 14.6. The van der Waals surface area contributed by atoms with Crippen LogP contribution in [0.4, 0.5) is 0 Å². The highest BCUT2D eigenvalue weighted by molar-refractivity contribution is 5.94. The zero-order valence-electron chi connectivity index (χ0n) is 17.5. The molecule has 2 bridgehead atoms. The van der Waals surface area contributed by atoms with Crippen molar-refractivity contribution in [3.63, 3.8) is 0 Å². The molecule has 2 atom stereocenters. The van der Waals surface area contributed by atoms with E-state index in [4.69, 9.17) is 9.47 Å². The second-order valence-electron chi connectivity index (χ2n) is 7.84. The minimum atomic E-state index is -1.14. The van der Waals surface area contributed by atoms with Gasteiger partial charge in [-0.15, -0.1) is 0 Å². The number of nitrogens with zero attached hydrogens (tertiary/aromatic N) is 4. The molecule has 1 aliphatic carbocycles. The lowest BCUT2D eigenvalue weighted by Gasteiger charge is -2.53. The maximum atomic E-state index is 13.0. The van der Waals surface area contributed by atoms with Gasteiger partial charge in [0.25, 0.3) is 5.91 Å². The number of likely N-dealkylation sites (tertiary alicyclic amines) is 1. The van der Waals surface area contributed by atoms with Gasteiger partial charge in [0.15, 0.2) is 0 Å². The van der Waals surface area contributed by atoms with Gasteiger partial charge in [-0.25, -0.2) is 4.98 Å². The van der Waals surface area contributed by atoms with Gasteiger partial charge in [-0.05, 0) is 38.8 Å². The number of hydrogen-bond donors (Lipinski definition) is 1. The highest BCUT2D eigenvalue weighted by Gasteiger charge is 2.54. The second-order valence-corrected chi connectivity index (χ2v) is 7.84. The largest absolute Gasteiger partial charge is 0.478 e. The Morgan fingerprint density at radius 2 is 1.93 bits per heavy atom. The van der Waals surface area contributed by atoms with Gasteiger partial charge in [0.05, 0.1) is 24.3 Å². The molecule has 160 valence electrons. The highest BCUT2D eigenvalue weighted by atomic mass is 16.5.